The third kappa shape index (κ3) is 4.06. The van der Waals surface area contributed by atoms with Crippen molar-refractivity contribution in [1.29, 1.82) is 0 Å². The van der Waals surface area contributed by atoms with Crippen molar-refractivity contribution in [3.05, 3.63) is 59.1 Å². The van der Waals surface area contributed by atoms with E-state index >= 15 is 0 Å². The predicted molar refractivity (Wildman–Crippen MR) is 65.6 cm³/mol. The van der Waals surface area contributed by atoms with E-state index in [0.717, 1.165) is 5.56 Å². The predicted octanol–water partition coefficient (Wildman–Crippen LogP) is 3.17. The van der Waals surface area contributed by atoms with Crippen molar-refractivity contribution >= 4 is 23.4 Å². The maximum Gasteiger partial charge on any atom is 0.345 e. The van der Waals surface area contributed by atoms with Gasteiger partial charge in [0.15, 0.2) is 0 Å². The lowest BCUT2D eigenvalue weighted by Crippen LogP contribution is -1.89. The fourth-order valence-electron chi connectivity index (χ4n) is 0.900. The van der Waals surface area contributed by atoms with Gasteiger partial charge in [0.25, 0.3) is 0 Å². The van der Waals surface area contributed by atoms with Gasteiger partial charge in [-0.1, -0.05) is 18.7 Å². The van der Waals surface area contributed by atoms with Gasteiger partial charge in [0.05, 0.1) is 0 Å². The number of hydrogen-bond donors (Lipinski definition) is 1. The average molecular weight is 233 g/mol. The summed E-state index contributed by atoms with van der Waals surface area (Å²) in [5.74, 6) is -0.847. The summed E-state index contributed by atoms with van der Waals surface area (Å²) in [6.07, 6.45) is 5.29. The molecule has 0 unspecified atom stereocenters. The molecular formula is C12H11NO2S. The van der Waals surface area contributed by atoms with E-state index < -0.39 is 5.97 Å². The molecule has 2 aromatic rings. The van der Waals surface area contributed by atoms with E-state index in [4.69, 9.17) is 5.11 Å². The van der Waals surface area contributed by atoms with Gasteiger partial charge in [0, 0.05) is 12.4 Å². The molecule has 16 heavy (non-hydrogen) atoms. The van der Waals surface area contributed by atoms with Gasteiger partial charge in [-0.05, 0) is 29.1 Å². The highest BCUT2D eigenvalue weighted by atomic mass is 32.1. The zero-order valence-electron chi connectivity index (χ0n) is 8.54. The van der Waals surface area contributed by atoms with Gasteiger partial charge in [-0.25, -0.2) is 4.79 Å². The highest BCUT2D eigenvalue weighted by Crippen LogP contribution is 2.06. The zero-order chi connectivity index (χ0) is 11.8. The molecule has 0 atom stereocenters. The van der Waals surface area contributed by atoms with Gasteiger partial charge < -0.3 is 5.11 Å². The quantitative estimate of drug-likeness (QED) is 0.866. The van der Waals surface area contributed by atoms with E-state index in [0.29, 0.717) is 4.88 Å². The molecule has 4 heteroatoms. The van der Waals surface area contributed by atoms with E-state index in [1.807, 2.05) is 12.1 Å². The van der Waals surface area contributed by atoms with Crippen LogP contribution in [0.25, 0.3) is 6.08 Å². The maximum atomic E-state index is 10.1. The summed E-state index contributed by atoms with van der Waals surface area (Å²) in [5, 5.41) is 10.0. The van der Waals surface area contributed by atoms with Crippen LogP contribution in [0, 0.1) is 0 Å². The highest BCUT2D eigenvalue weighted by Gasteiger charge is 1.99. The normalized spacial score (nSPS) is 8.75. The number of carboxylic acids is 1. The molecule has 1 N–H and O–H groups in total. The molecule has 0 aromatic carbocycles. The second kappa shape index (κ2) is 6.53. The summed E-state index contributed by atoms with van der Waals surface area (Å²) in [6.45, 7) is 3.60. The third-order valence-electron chi connectivity index (χ3n) is 1.67. The second-order valence-corrected chi connectivity index (χ2v) is 3.71. The number of carbonyl (C=O) groups is 1. The van der Waals surface area contributed by atoms with Crippen molar-refractivity contribution in [3.8, 4) is 0 Å². The summed E-state index contributed by atoms with van der Waals surface area (Å²) in [4.78, 5) is 14.3. The fourth-order valence-corrected chi connectivity index (χ4v) is 1.46. The Labute approximate surface area is 97.7 Å². The third-order valence-corrected chi connectivity index (χ3v) is 2.53. The van der Waals surface area contributed by atoms with Crippen molar-refractivity contribution in [2.24, 2.45) is 0 Å². The molecule has 0 radical (unpaired) electrons. The number of aromatic carboxylic acids is 1. The Bertz CT molecular complexity index is 437. The van der Waals surface area contributed by atoms with Crippen molar-refractivity contribution in [2.75, 3.05) is 0 Å². The van der Waals surface area contributed by atoms with Crippen LogP contribution in [0.15, 0.2) is 48.6 Å². The molecule has 0 amide bonds. The Morgan fingerprint density at radius 3 is 2.38 bits per heavy atom. The molecular weight excluding hydrogens is 222 g/mol. The first-order valence-corrected chi connectivity index (χ1v) is 5.41. The first-order chi connectivity index (χ1) is 7.74. The fraction of sp³-hybridized carbons (Fsp3) is 0. The van der Waals surface area contributed by atoms with Gasteiger partial charge in [0.1, 0.15) is 4.88 Å². The second-order valence-electron chi connectivity index (χ2n) is 2.77. The minimum absolute atomic E-state index is 0.394. The van der Waals surface area contributed by atoms with E-state index in [-0.39, 0.29) is 0 Å². The number of hydrogen-bond acceptors (Lipinski definition) is 3. The molecule has 0 aliphatic carbocycles. The van der Waals surface area contributed by atoms with Crippen LogP contribution in [-0.2, 0) is 0 Å². The molecule has 3 nitrogen and oxygen atoms in total. The number of thiophene rings is 1. The van der Waals surface area contributed by atoms with E-state index in [2.05, 4.69) is 11.6 Å². The minimum Gasteiger partial charge on any atom is -0.477 e. The number of pyridine rings is 1. The van der Waals surface area contributed by atoms with Crippen LogP contribution in [0.2, 0.25) is 0 Å². The minimum atomic E-state index is -0.847. The number of carboxylic acid groups (broad SMARTS) is 1. The lowest BCUT2D eigenvalue weighted by Gasteiger charge is -1.84. The molecule has 0 spiro atoms. The lowest BCUT2D eigenvalue weighted by atomic mass is 10.3. The van der Waals surface area contributed by atoms with E-state index in [9.17, 15) is 4.79 Å². The van der Waals surface area contributed by atoms with Crippen LogP contribution in [0.3, 0.4) is 0 Å². The van der Waals surface area contributed by atoms with E-state index in [1.54, 1.807) is 36.0 Å². The Balaban J connectivity index is 0.000000160. The molecule has 2 aromatic heterocycles. The summed E-state index contributed by atoms with van der Waals surface area (Å²) >= 11 is 1.23. The smallest absolute Gasteiger partial charge is 0.345 e. The van der Waals surface area contributed by atoms with Crippen LogP contribution < -0.4 is 0 Å². The maximum absolute atomic E-state index is 10.1. The molecule has 0 aliphatic rings. The van der Waals surface area contributed by atoms with Gasteiger partial charge in [0.2, 0.25) is 0 Å². The van der Waals surface area contributed by atoms with Crippen molar-refractivity contribution in [1.82, 2.24) is 4.98 Å². The summed E-state index contributed by atoms with van der Waals surface area (Å²) in [7, 11) is 0. The SMILES string of the molecule is C=Cc1ccncc1.O=C(O)c1cccs1. The highest BCUT2D eigenvalue weighted by molar-refractivity contribution is 7.11. The molecule has 2 rings (SSSR count). The van der Waals surface area contributed by atoms with Crippen molar-refractivity contribution in [2.45, 2.75) is 0 Å². The molecule has 2 heterocycles. The molecule has 0 fully saturated rings. The molecule has 0 saturated carbocycles. The average Bonchev–Trinajstić information content (AvgIpc) is 2.85. The summed E-state index contributed by atoms with van der Waals surface area (Å²) in [6, 6.07) is 7.11. The standard InChI is InChI=1S/C7H7N.C5H4O2S/c1-2-7-3-5-8-6-4-7;6-5(7)4-2-1-3-8-4/h2-6H,1H2;1-3H,(H,6,7). The zero-order valence-corrected chi connectivity index (χ0v) is 9.35. The van der Waals surface area contributed by atoms with Crippen LogP contribution in [0.5, 0.6) is 0 Å². The van der Waals surface area contributed by atoms with Crippen LogP contribution >= 0.6 is 11.3 Å². The summed E-state index contributed by atoms with van der Waals surface area (Å²) in [5.41, 5.74) is 1.11. The molecule has 0 aliphatic heterocycles. The Morgan fingerprint density at radius 2 is 2.06 bits per heavy atom. The van der Waals surface area contributed by atoms with Gasteiger partial charge >= 0.3 is 5.97 Å². The first-order valence-electron chi connectivity index (χ1n) is 4.53. The Kier molecular flexibility index (Phi) is 4.95. The summed E-state index contributed by atoms with van der Waals surface area (Å²) < 4.78 is 0. The largest absolute Gasteiger partial charge is 0.477 e. The first kappa shape index (κ1) is 12.1. The lowest BCUT2D eigenvalue weighted by molar-refractivity contribution is 0.0702. The van der Waals surface area contributed by atoms with Crippen molar-refractivity contribution < 1.29 is 9.90 Å². The van der Waals surface area contributed by atoms with Gasteiger partial charge in [-0.2, -0.15) is 0 Å². The Morgan fingerprint density at radius 1 is 1.38 bits per heavy atom. The van der Waals surface area contributed by atoms with Gasteiger partial charge in [-0.3, -0.25) is 4.98 Å². The van der Waals surface area contributed by atoms with Crippen LogP contribution in [0.1, 0.15) is 15.2 Å². The number of nitrogens with zero attached hydrogens (tertiary/aromatic N) is 1. The van der Waals surface area contributed by atoms with E-state index in [1.165, 1.54) is 11.3 Å². The number of aromatic nitrogens is 1. The topological polar surface area (TPSA) is 50.2 Å². The van der Waals surface area contributed by atoms with Gasteiger partial charge in [-0.15, -0.1) is 11.3 Å². The monoisotopic (exact) mass is 233 g/mol. The molecule has 0 saturated heterocycles. The van der Waals surface area contributed by atoms with Crippen molar-refractivity contribution in [3.63, 3.8) is 0 Å². The number of rotatable bonds is 2. The molecule has 82 valence electrons. The van der Waals surface area contributed by atoms with Crippen LogP contribution in [0.4, 0.5) is 0 Å². The Hall–Kier alpha value is -1.94. The van der Waals surface area contributed by atoms with Crippen LogP contribution in [-0.4, -0.2) is 16.1 Å². The molecule has 0 bridgehead atoms.